The van der Waals surface area contributed by atoms with Crippen LogP contribution in [0.15, 0.2) is 36.4 Å². The van der Waals surface area contributed by atoms with Gasteiger partial charge in [-0.15, -0.1) is 0 Å². The number of hydrogen-bond acceptors (Lipinski definition) is 2. The molecule has 1 aliphatic heterocycles. The van der Waals surface area contributed by atoms with E-state index in [2.05, 4.69) is 43.0 Å². The number of allylic oxidation sites excluding steroid dienone is 2. The van der Waals surface area contributed by atoms with Gasteiger partial charge in [-0.25, -0.2) is 0 Å². The molecular formula is C23H29NO. The summed E-state index contributed by atoms with van der Waals surface area (Å²) in [6.45, 7) is 7.92. The van der Waals surface area contributed by atoms with Crippen molar-refractivity contribution >= 4 is 5.78 Å². The Hall–Kier alpha value is -1.41. The van der Waals surface area contributed by atoms with E-state index in [1.54, 1.807) is 0 Å². The minimum atomic E-state index is -0.266. The SMILES string of the molecule is CC1(C)C(=O)c2ccccc2C12CCN(C[C@H]1CC3C=CC1C3)CC2. The number of nitrogens with zero attached hydrogens (tertiary/aromatic N) is 1. The fourth-order valence-electron chi connectivity index (χ4n) is 6.44. The predicted molar refractivity (Wildman–Crippen MR) is 101 cm³/mol. The van der Waals surface area contributed by atoms with Crippen LogP contribution in [0.1, 0.15) is 55.5 Å². The van der Waals surface area contributed by atoms with E-state index >= 15 is 0 Å². The standard InChI is InChI=1S/C23H29NO/c1-22(2)21(25)19-5-3-4-6-20(19)23(22)9-11-24(12-10-23)15-18-14-16-7-8-17(18)13-16/h3-8,16-18H,9-15H2,1-2H3/t16?,17?,18-/m1/s1. The normalized spacial score (nSPS) is 34.8. The number of benzene rings is 1. The summed E-state index contributed by atoms with van der Waals surface area (Å²) in [6, 6.07) is 8.40. The van der Waals surface area contributed by atoms with Crippen LogP contribution in [0.25, 0.3) is 0 Å². The van der Waals surface area contributed by atoms with Crippen LogP contribution in [0.4, 0.5) is 0 Å². The number of ketones is 1. The van der Waals surface area contributed by atoms with E-state index in [1.807, 2.05) is 12.1 Å². The molecule has 0 amide bonds. The molecule has 1 aromatic rings. The average molecular weight is 335 g/mol. The second kappa shape index (κ2) is 5.30. The Labute approximate surface area is 151 Å². The Bertz CT molecular complexity index is 738. The number of piperidine rings is 1. The molecule has 1 aromatic carbocycles. The van der Waals surface area contributed by atoms with Crippen molar-refractivity contribution in [2.24, 2.45) is 23.2 Å². The zero-order valence-corrected chi connectivity index (χ0v) is 15.5. The molecule has 0 radical (unpaired) electrons. The van der Waals surface area contributed by atoms with Crippen LogP contribution in [0, 0.1) is 23.2 Å². The summed E-state index contributed by atoms with van der Waals surface area (Å²) < 4.78 is 0. The van der Waals surface area contributed by atoms with Gasteiger partial charge in [0.1, 0.15) is 0 Å². The van der Waals surface area contributed by atoms with Crippen LogP contribution in [0.3, 0.4) is 0 Å². The van der Waals surface area contributed by atoms with Gasteiger partial charge in [0, 0.05) is 22.9 Å². The fourth-order valence-corrected chi connectivity index (χ4v) is 6.44. The van der Waals surface area contributed by atoms with Gasteiger partial charge in [0.25, 0.3) is 0 Å². The summed E-state index contributed by atoms with van der Waals surface area (Å²) in [4.78, 5) is 15.7. The van der Waals surface area contributed by atoms with E-state index < -0.39 is 0 Å². The molecule has 3 aliphatic carbocycles. The Balaban J connectivity index is 1.35. The van der Waals surface area contributed by atoms with E-state index in [9.17, 15) is 4.79 Å². The Morgan fingerprint density at radius 1 is 1.08 bits per heavy atom. The van der Waals surface area contributed by atoms with Crippen LogP contribution in [0.5, 0.6) is 0 Å². The third-order valence-electron chi connectivity index (χ3n) is 8.07. The molecule has 2 bridgehead atoms. The zero-order valence-electron chi connectivity index (χ0n) is 15.5. The maximum atomic E-state index is 13.0. The van der Waals surface area contributed by atoms with Crippen LogP contribution >= 0.6 is 0 Å². The summed E-state index contributed by atoms with van der Waals surface area (Å²) in [6.07, 6.45) is 9.96. The highest BCUT2D eigenvalue weighted by Gasteiger charge is 2.58. The first-order chi connectivity index (χ1) is 12.0. The van der Waals surface area contributed by atoms with Crippen LogP contribution in [-0.4, -0.2) is 30.3 Å². The van der Waals surface area contributed by atoms with Crippen molar-refractivity contribution in [1.29, 1.82) is 0 Å². The quantitative estimate of drug-likeness (QED) is 0.744. The monoisotopic (exact) mass is 335 g/mol. The Morgan fingerprint density at radius 2 is 1.84 bits per heavy atom. The van der Waals surface area contributed by atoms with Gasteiger partial charge in [-0.1, -0.05) is 50.3 Å². The lowest BCUT2D eigenvalue weighted by molar-refractivity contribution is 0.0511. The molecule has 5 rings (SSSR count). The molecule has 1 heterocycles. The average Bonchev–Trinajstić information content (AvgIpc) is 3.28. The number of Topliss-reactive ketones (excluding diaryl/α,β-unsaturated/α-hetero) is 1. The van der Waals surface area contributed by atoms with Gasteiger partial charge in [0.2, 0.25) is 0 Å². The molecule has 0 aromatic heterocycles. The highest BCUT2D eigenvalue weighted by atomic mass is 16.1. The lowest BCUT2D eigenvalue weighted by atomic mass is 9.60. The van der Waals surface area contributed by atoms with Crippen molar-refractivity contribution in [2.75, 3.05) is 19.6 Å². The first-order valence-corrected chi connectivity index (χ1v) is 10.1. The summed E-state index contributed by atoms with van der Waals surface area (Å²) in [5.74, 6) is 2.93. The summed E-state index contributed by atoms with van der Waals surface area (Å²) in [5.41, 5.74) is 2.09. The van der Waals surface area contributed by atoms with Crippen molar-refractivity contribution in [2.45, 2.75) is 44.9 Å². The van der Waals surface area contributed by atoms with E-state index in [0.29, 0.717) is 5.78 Å². The molecule has 1 saturated heterocycles. The number of carbonyl (C=O) groups is 1. The molecule has 1 saturated carbocycles. The Morgan fingerprint density at radius 3 is 2.52 bits per heavy atom. The van der Waals surface area contributed by atoms with Gasteiger partial charge >= 0.3 is 0 Å². The lowest BCUT2D eigenvalue weighted by Crippen LogP contribution is -2.50. The number of rotatable bonds is 2. The van der Waals surface area contributed by atoms with E-state index in [4.69, 9.17) is 0 Å². The smallest absolute Gasteiger partial charge is 0.169 e. The molecule has 2 heteroatoms. The van der Waals surface area contributed by atoms with Gasteiger partial charge < -0.3 is 4.90 Å². The largest absolute Gasteiger partial charge is 0.303 e. The number of hydrogen-bond donors (Lipinski definition) is 0. The van der Waals surface area contributed by atoms with Gasteiger partial charge in [-0.3, -0.25) is 4.79 Å². The van der Waals surface area contributed by atoms with E-state index in [1.165, 1.54) is 24.9 Å². The van der Waals surface area contributed by atoms with Crippen LogP contribution < -0.4 is 0 Å². The van der Waals surface area contributed by atoms with Crippen LogP contribution in [-0.2, 0) is 5.41 Å². The molecule has 0 N–H and O–H groups in total. The van der Waals surface area contributed by atoms with E-state index in [0.717, 1.165) is 49.2 Å². The first-order valence-electron chi connectivity index (χ1n) is 10.1. The van der Waals surface area contributed by atoms with Gasteiger partial charge in [0.05, 0.1) is 0 Å². The Kier molecular flexibility index (Phi) is 3.35. The molecule has 2 fully saturated rings. The van der Waals surface area contributed by atoms with Crippen molar-refractivity contribution < 1.29 is 4.79 Å². The van der Waals surface area contributed by atoms with Gasteiger partial charge in [0.15, 0.2) is 5.78 Å². The lowest BCUT2D eigenvalue weighted by Gasteiger charge is -2.47. The van der Waals surface area contributed by atoms with Crippen molar-refractivity contribution in [3.63, 3.8) is 0 Å². The van der Waals surface area contributed by atoms with Crippen molar-refractivity contribution in [1.82, 2.24) is 4.90 Å². The molecule has 2 nitrogen and oxygen atoms in total. The molecule has 25 heavy (non-hydrogen) atoms. The van der Waals surface area contributed by atoms with Crippen molar-refractivity contribution in [3.05, 3.63) is 47.5 Å². The number of fused-ring (bicyclic) bond motifs is 4. The summed E-state index contributed by atoms with van der Waals surface area (Å²) in [5, 5.41) is 0. The van der Waals surface area contributed by atoms with Gasteiger partial charge in [-0.2, -0.15) is 0 Å². The third kappa shape index (κ3) is 2.10. The summed E-state index contributed by atoms with van der Waals surface area (Å²) in [7, 11) is 0. The fraction of sp³-hybridized carbons (Fsp3) is 0.609. The zero-order chi connectivity index (χ0) is 17.2. The van der Waals surface area contributed by atoms with Gasteiger partial charge in [-0.05, 0) is 62.1 Å². The topological polar surface area (TPSA) is 20.3 Å². The maximum Gasteiger partial charge on any atom is 0.169 e. The summed E-state index contributed by atoms with van der Waals surface area (Å²) >= 11 is 0. The highest BCUT2D eigenvalue weighted by Crippen LogP contribution is 2.57. The van der Waals surface area contributed by atoms with Crippen LogP contribution in [0.2, 0.25) is 0 Å². The second-order valence-corrected chi connectivity index (χ2v) is 9.42. The molecule has 2 unspecified atom stereocenters. The third-order valence-corrected chi connectivity index (χ3v) is 8.07. The number of likely N-dealkylation sites (tertiary alicyclic amines) is 1. The predicted octanol–water partition coefficient (Wildman–Crippen LogP) is 4.45. The first kappa shape index (κ1) is 15.8. The van der Waals surface area contributed by atoms with Crippen molar-refractivity contribution in [3.8, 4) is 0 Å². The molecule has 4 aliphatic rings. The molecule has 132 valence electrons. The minimum absolute atomic E-state index is 0.0474. The maximum absolute atomic E-state index is 13.0. The highest BCUT2D eigenvalue weighted by molar-refractivity contribution is 6.06. The molecule has 3 atom stereocenters. The molecular weight excluding hydrogens is 306 g/mol. The number of carbonyl (C=O) groups excluding carboxylic acids is 1. The molecule has 1 spiro atoms. The minimum Gasteiger partial charge on any atom is -0.303 e. The second-order valence-electron chi connectivity index (χ2n) is 9.42. The van der Waals surface area contributed by atoms with E-state index in [-0.39, 0.29) is 10.8 Å².